The van der Waals surface area contributed by atoms with Gasteiger partial charge in [0.1, 0.15) is 0 Å². The molecule has 0 saturated carbocycles. The van der Waals surface area contributed by atoms with E-state index in [1.54, 1.807) is 0 Å². The molecule has 14 heavy (non-hydrogen) atoms. The second-order valence-corrected chi connectivity index (χ2v) is 4.08. The maximum absolute atomic E-state index is 10.9. The van der Waals surface area contributed by atoms with Gasteiger partial charge in [0.2, 0.25) is 0 Å². The van der Waals surface area contributed by atoms with Crippen molar-refractivity contribution < 1.29 is 14.4 Å². The van der Waals surface area contributed by atoms with Gasteiger partial charge in [-0.05, 0) is 34.8 Å². The summed E-state index contributed by atoms with van der Waals surface area (Å²) in [4.78, 5) is 32.5. The van der Waals surface area contributed by atoms with E-state index in [-0.39, 0.29) is 16.0 Å². The number of carbonyl (C=O) groups is 3. The van der Waals surface area contributed by atoms with Gasteiger partial charge in [0.15, 0.2) is 0 Å². The number of rotatable bonds is 3. The summed E-state index contributed by atoms with van der Waals surface area (Å²) in [5, 5.41) is -1.36. The average molecular weight is 272 g/mol. The number of hydrogen-bond acceptors (Lipinski definition) is 4. The molecule has 0 aliphatic heterocycles. The Kier molecular flexibility index (Phi) is 3.66. The second kappa shape index (κ2) is 4.40. The third kappa shape index (κ3) is 2.15. The molecule has 0 aliphatic carbocycles. The average Bonchev–Trinajstić information content (AvgIpc) is 2.46. The van der Waals surface area contributed by atoms with Gasteiger partial charge in [-0.15, -0.1) is 11.3 Å². The molecule has 1 aromatic rings. The zero-order valence-corrected chi connectivity index (χ0v) is 9.43. The highest BCUT2D eigenvalue weighted by Gasteiger charge is 2.24. The Labute approximate surface area is 97.6 Å². The number of carbonyl (C=O) groups excluding carboxylic acids is 3. The van der Waals surface area contributed by atoms with E-state index in [1.165, 1.54) is 5.38 Å². The molecule has 0 bridgehead atoms. The summed E-state index contributed by atoms with van der Waals surface area (Å²) in [6, 6.07) is 0. The van der Waals surface area contributed by atoms with Crippen LogP contribution in [-0.2, 0) is 0 Å². The molecule has 1 aromatic heterocycles. The molecule has 74 valence electrons. The Hall–Kier alpha value is -0.420. The maximum atomic E-state index is 10.9. The Morgan fingerprint density at radius 2 is 1.57 bits per heavy atom. The van der Waals surface area contributed by atoms with Crippen molar-refractivity contribution in [3.05, 3.63) is 21.4 Å². The van der Waals surface area contributed by atoms with Crippen molar-refractivity contribution in [2.45, 2.75) is 0 Å². The molecule has 3 nitrogen and oxygen atoms in total. The van der Waals surface area contributed by atoms with Gasteiger partial charge in [0.25, 0.3) is 15.7 Å². The van der Waals surface area contributed by atoms with Crippen molar-refractivity contribution in [3.63, 3.8) is 0 Å². The van der Waals surface area contributed by atoms with Gasteiger partial charge in [-0.1, -0.05) is 0 Å². The molecule has 0 amide bonds. The predicted octanol–water partition coefficient (Wildman–Crippen LogP) is 2.89. The maximum Gasteiger partial charge on any atom is 0.263 e. The van der Waals surface area contributed by atoms with Crippen molar-refractivity contribution in [2.75, 3.05) is 0 Å². The highest BCUT2D eigenvalue weighted by molar-refractivity contribution is 7.15. The van der Waals surface area contributed by atoms with Crippen LogP contribution in [0.2, 0.25) is 0 Å². The molecule has 0 unspecified atom stereocenters. The van der Waals surface area contributed by atoms with E-state index in [1.807, 2.05) is 0 Å². The highest BCUT2D eigenvalue weighted by atomic mass is 35.5. The van der Waals surface area contributed by atoms with Crippen molar-refractivity contribution in [2.24, 2.45) is 0 Å². The molecule has 0 atom stereocenters. The van der Waals surface area contributed by atoms with Gasteiger partial charge in [-0.25, -0.2) is 0 Å². The lowest BCUT2D eigenvalue weighted by Crippen LogP contribution is -2.01. The monoisotopic (exact) mass is 270 g/mol. The lowest BCUT2D eigenvalue weighted by Gasteiger charge is -1.94. The van der Waals surface area contributed by atoms with E-state index in [0.29, 0.717) is 0 Å². The van der Waals surface area contributed by atoms with Crippen molar-refractivity contribution in [1.29, 1.82) is 0 Å². The smallest absolute Gasteiger partial charge is 0.263 e. The van der Waals surface area contributed by atoms with Crippen LogP contribution in [0, 0.1) is 0 Å². The van der Waals surface area contributed by atoms with Crippen LogP contribution in [0.1, 0.15) is 30.4 Å². The molecule has 0 fully saturated rings. The SMILES string of the molecule is O=C(Cl)c1csc(C(=O)Cl)c1C(=O)Cl. The summed E-state index contributed by atoms with van der Waals surface area (Å²) in [5.74, 6) is 0. The first kappa shape index (κ1) is 11.7. The molecule has 0 saturated heterocycles. The first-order valence-corrected chi connectivity index (χ1v) is 5.17. The predicted molar refractivity (Wildman–Crippen MR) is 54.9 cm³/mol. The fourth-order valence-electron chi connectivity index (χ4n) is 0.842. The Bertz CT molecular complexity index is 392. The van der Waals surface area contributed by atoms with Gasteiger partial charge in [0.05, 0.1) is 16.0 Å². The van der Waals surface area contributed by atoms with Gasteiger partial charge in [0, 0.05) is 5.38 Å². The first-order chi connectivity index (χ1) is 6.45. The van der Waals surface area contributed by atoms with Gasteiger partial charge >= 0.3 is 0 Å². The standard InChI is InChI=1S/C7HCl3O3S/c8-5(11)2-1-14-4(7(10)13)3(2)6(9)12/h1H. The molecule has 0 spiro atoms. The topological polar surface area (TPSA) is 51.2 Å². The van der Waals surface area contributed by atoms with Gasteiger partial charge in [-0.3, -0.25) is 14.4 Å². The number of halogens is 3. The van der Waals surface area contributed by atoms with Crippen LogP contribution in [-0.4, -0.2) is 15.7 Å². The second-order valence-electron chi connectivity index (χ2n) is 2.17. The normalized spacial score (nSPS) is 9.93. The molecule has 1 rings (SSSR count). The molecule has 0 aromatic carbocycles. The van der Waals surface area contributed by atoms with E-state index < -0.39 is 15.7 Å². The zero-order chi connectivity index (χ0) is 10.9. The number of thiophene rings is 1. The van der Waals surface area contributed by atoms with Crippen LogP contribution in [0.4, 0.5) is 0 Å². The van der Waals surface area contributed by atoms with E-state index >= 15 is 0 Å². The molecule has 1 heterocycles. The lowest BCUT2D eigenvalue weighted by molar-refractivity contribution is 0.104. The van der Waals surface area contributed by atoms with Crippen LogP contribution in [0.3, 0.4) is 0 Å². The Balaban J connectivity index is 3.42. The zero-order valence-electron chi connectivity index (χ0n) is 6.34. The molecule has 0 radical (unpaired) electrons. The van der Waals surface area contributed by atoms with Crippen LogP contribution in [0.5, 0.6) is 0 Å². The minimum Gasteiger partial charge on any atom is -0.276 e. The summed E-state index contributed by atoms with van der Waals surface area (Å²) in [6.45, 7) is 0. The van der Waals surface area contributed by atoms with Crippen molar-refractivity contribution in [1.82, 2.24) is 0 Å². The fourth-order valence-corrected chi connectivity index (χ4v) is 2.41. The quantitative estimate of drug-likeness (QED) is 0.794. The van der Waals surface area contributed by atoms with Crippen molar-refractivity contribution in [3.8, 4) is 0 Å². The van der Waals surface area contributed by atoms with Gasteiger partial charge < -0.3 is 0 Å². The number of hydrogen-bond donors (Lipinski definition) is 0. The fraction of sp³-hybridized carbons (Fsp3) is 0. The van der Waals surface area contributed by atoms with Crippen LogP contribution in [0.15, 0.2) is 5.38 Å². The summed E-state index contributed by atoms with van der Waals surface area (Å²) >= 11 is 16.4. The van der Waals surface area contributed by atoms with E-state index in [2.05, 4.69) is 0 Å². The molecular weight excluding hydrogens is 270 g/mol. The summed E-state index contributed by atoms with van der Waals surface area (Å²) in [7, 11) is 0. The Morgan fingerprint density at radius 3 is 1.93 bits per heavy atom. The largest absolute Gasteiger partial charge is 0.276 e. The van der Waals surface area contributed by atoms with Crippen LogP contribution in [0.25, 0.3) is 0 Å². The van der Waals surface area contributed by atoms with E-state index in [0.717, 1.165) is 11.3 Å². The summed E-state index contributed by atoms with van der Waals surface area (Å²) in [6.07, 6.45) is 0. The molecule has 7 heteroatoms. The van der Waals surface area contributed by atoms with Crippen molar-refractivity contribution >= 4 is 61.9 Å². The lowest BCUT2D eigenvalue weighted by atomic mass is 10.2. The third-order valence-electron chi connectivity index (χ3n) is 1.38. The van der Waals surface area contributed by atoms with E-state index in [9.17, 15) is 14.4 Å². The molecule has 0 N–H and O–H groups in total. The highest BCUT2D eigenvalue weighted by Crippen LogP contribution is 2.27. The minimum atomic E-state index is -0.931. The molecule has 0 aliphatic rings. The van der Waals surface area contributed by atoms with Crippen LogP contribution >= 0.6 is 46.1 Å². The summed E-state index contributed by atoms with van der Waals surface area (Å²) < 4.78 is 0. The molecular formula is C7HCl3O3S. The Morgan fingerprint density at radius 1 is 1.00 bits per heavy atom. The summed E-state index contributed by atoms with van der Waals surface area (Å²) in [5.41, 5.74) is -0.322. The first-order valence-electron chi connectivity index (χ1n) is 3.16. The minimum absolute atomic E-state index is 0.0735. The van der Waals surface area contributed by atoms with Crippen LogP contribution < -0.4 is 0 Å². The third-order valence-corrected chi connectivity index (χ3v) is 3.05. The van der Waals surface area contributed by atoms with Gasteiger partial charge in [-0.2, -0.15) is 0 Å². The van der Waals surface area contributed by atoms with E-state index in [4.69, 9.17) is 34.8 Å².